The van der Waals surface area contributed by atoms with Crippen molar-refractivity contribution in [1.82, 2.24) is 15.0 Å². The van der Waals surface area contributed by atoms with Crippen molar-refractivity contribution in [2.75, 3.05) is 16.8 Å². The predicted molar refractivity (Wildman–Crippen MR) is 120 cm³/mol. The standard InChI is InChI=1S/C24H25N5/c1-15-6-9-22-18(13-15)5-4-12-29(22)23-10-11-25-24(28-23)27-19-7-8-21-20(14-19)16(2)17(3)26-21/h6-11,13-14,26H,4-5,12H2,1-3H3,(H,25,27,28). The fourth-order valence-corrected chi connectivity index (χ4v) is 4.19. The van der Waals surface area contributed by atoms with Crippen molar-refractivity contribution in [3.05, 3.63) is 71.0 Å². The minimum absolute atomic E-state index is 0.617. The van der Waals surface area contributed by atoms with Gasteiger partial charge in [0.2, 0.25) is 5.95 Å². The quantitative estimate of drug-likeness (QED) is 0.476. The third-order valence-corrected chi connectivity index (χ3v) is 5.84. The zero-order valence-electron chi connectivity index (χ0n) is 17.1. The average Bonchev–Trinajstić information content (AvgIpc) is 3.01. The van der Waals surface area contributed by atoms with Gasteiger partial charge >= 0.3 is 0 Å². The zero-order valence-corrected chi connectivity index (χ0v) is 17.1. The summed E-state index contributed by atoms with van der Waals surface area (Å²) in [7, 11) is 0. The molecule has 0 unspecified atom stereocenters. The first-order valence-electron chi connectivity index (χ1n) is 10.1. The lowest BCUT2D eigenvalue weighted by atomic mass is 9.99. The first-order chi connectivity index (χ1) is 14.1. The molecule has 1 aliphatic rings. The van der Waals surface area contributed by atoms with Crippen LogP contribution < -0.4 is 10.2 Å². The van der Waals surface area contributed by atoms with Crippen LogP contribution in [0.2, 0.25) is 0 Å². The normalized spacial score (nSPS) is 13.6. The van der Waals surface area contributed by atoms with Gasteiger partial charge in [-0.2, -0.15) is 4.98 Å². The van der Waals surface area contributed by atoms with Crippen molar-refractivity contribution >= 4 is 34.0 Å². The fraction of sp³-hybridized carbons (Fsp3) is 0.250. The number of hydrogen-bond acceptors (Lipinski definition) is 4. The van der Waals surface area contributed by atoms with Crippen LogP contribution in [0.15, 0.2) is 48.7 Å². The van der Waals surface area contributed by atoms with Gasteiger partial charge in [-0.3, -0.25) is 0 Å². The van der Waals surface area contributed by atoms with Crippen LogP contribution in [0.3, 0.4) is 0 Å². The maximum Gasteiger partial charge on any atom is 0.229 e. The predicted octanol–water partition coefficient (Wildman–Crippen LogP) is 5.71. The molecule has 0 bridgehead atoms. The van der Waals surface area contributed by atoms with Gasteiger partial charge in [-0.05, 0) is 75.1 Å². The van der Waals surface area contributed by atoms with Crippen molar-refractivity contribution in [2.45, 2.75) is 33.6 Å². The summed E-state index contributed by atoms with van der Waals surface area (Å²) in [5, 5.41) is 4.61. The van der Waals surface area contributed by atoms with Crippen LogP contribution in [-0.2, 0) is 6.42 Å². The van der Waals surface area contributed by atoms with Crippen molar-refractivity contribution in [3.63, 3.8) is 0 Å². The highest BCUT2D eigenvalue weighted by molar-refractivity contribution is 5.88. The molecule has 3 heterocycles. The van der Waals surface area contributed by atoms with Gasteiger partial charge < -0.3 is 15.2 Å². The number of benzene rings is 2. The molecule has 5 heteroatoms. The van der Waals surface area contributed by atoms with E-state index >= 15 is 0 Å². The Morgan fingerprint density at radius 1 is 1.03 bits per heavy atom. The van der Waals surface area contributed by atoms with Gasteiger partial charge in [0.15, 0.2) is 0 Å². The highest BCUT2D eigenvalue weighted by Crippen LogP contribution is 2.33. The van der Waals surface area contributed by atoms with E-state index in [-0.39, 0.29) is 0 Å². The molecule has 2 aromatic carbocycles. The van der Waals surface area contributed by atoms with Gasteiger partial charge in [-0.15, -0.1) is 0 Å². The minimum Gasteiger partial charge on any atom is -0.358 e. The first-order valence-corrected chi connectivity index (χ1v) is 10.1. The number of aromatic nitrogens is 3. The van der Waals surface area contributed by atoms with Crippen LogP contribution in [0, 0.1) is 20.8 Å². The number of rotatable bonds is 3. The van der Waals surface area contributed by atoms with E-state index in [9.17, 15) is 0 Å². The first kappa shape index (κ1) is 17.7. The monoisotopic (exact) mass is 383 g/mol. The molecule has 1 aliphatic heterocycles. The van der Waals surface area contributed by atoms with Gasteiger partial charge in [-0.1, -0.05) is 17.7 Å². The molecule has 0 fully saturated rings. The summed E-state index contributed by atoms with van der Waals surface area (Å²) >= 11 is 0. The Hall–Kier alpha value is -3.34. The Bertz CT molecular complexity index is 1210. The van der Waals surface area contributed by atoms with Crippen LogP contribution in [0.1, 0.15) is 28.8 Å². The molecular formula is C24H25N5. The van der Waals surface area contributed by atoms with E-state index in [0.717, 1.165) is 36.4 Å². The average molecular weight is 383 g/mol. The maximum absolute atomic E-state index is 4.82. The van der Waals surface area contributed by atoms with E-state index in [1.54, 1.807) is 0 Å². The van der Waals surface area contributed by atoms with E-state index in [0.29, 0.717) is 5.95 Å². The summed E-state index contributed by atoms with van der Waals surface area (Å²) in [4.78, 5) is 15.0. The summed E-state index contributed by atoms with van der Waals surface area (Å²) < 4.78 is 0. The topological polar surface area (TPSA) is 56.8 Å². The van der Waals surface area contributed by atoms with Gasteiger partial charge in [0.25, 0.3) is 0 Å². The Labute approximate surface area is 170 Å². The molecular weight excluding hydrogens is 358 g/mol. The smallest absolute Gasteiger partial charge is 0.229 e. The molecule has 0 aliphatic carbocycles. The number of aryl methyl sites for hydroxylation is 4. The molecule has 4 aromatic rings. The molecule has 0 radical (unpaired) electrons. The summed E-state index contributed by atoms with van der Waals surface area (Å²) in [6, 6.07) is 15.0. The van der Waals surface area contributed by atoms with Crippen LogP contribution >= 0.6 is 0 Å². The summed E-state index contributed by atoms with van der Waals surface area (Å²) in [6.45, 7) is 7.37. The molecule has 0 saturated heterocycles. The second-order valence-electron chi connectivity index (χ2n) is 7.89. The Kier molecular flexibility index (Phi) is 4.23. The molecule has 2 aromatic heterocycles. The van der Waals surface area contributed by atoms with Crippen LogP contribution in [0.5, 0.6) is 0 Å². The van der Waals surface area contributed by atoms with E-state index in [1.807, 2.05) is 12.3 Å². The maximum atomic E-state index is 4.82. The van der Waals surface area contributed by atoms with Crippen LogP contribution in [-0.4, -0.2) is 21.5 Å². The number of nitrogens with one attached hydrogen (secondary N) is 2. The third-order valence-electron chi connectivity index (χ3n) is 5.84. The second-order valence-corrected chi connectivity index (χ2v) is 7.89. The number of hydrogen-bond donors (Lipinski definition) is 2. The van der Waals surface area contributed by atoms with Gasteiger partial charge in [0.05, 0.1) is 0 Å². The van der Waals surface area contributed by atoms with Crippen LogP contribution in [0.4, 0.5) is 23.1 Å². The number of H-pyrrole nitrogens is 1. The largest absolute Gasteiger partial charge is 0.358 e. The van der Waals surface area contributed by atoms with Crippen molar-refractivity contribution in [2.24, 2.45) is 0 Å². The lowest BCUT2D eigenvalue weighted by Crippen LogP contribution is -2.25. The number of anilines is 4. The number of nitrogens with zero attached hydrogens (tertiary/aromatic N) is 3. The molecule has 0 saturated carbocycles. The highest BCUT2D eigenvalue weighted by atomic mass is 15.2. The second kappa shape index (κ2) is 6.92. The molecule has 0 spiro atoms. The SMILES string of the molecule is Cc1ccc2c(c1)CCCN2c1ccnc(Nc2ccc3[nH]c(C)c(C)c3c2)n1. The van der Waals surface area contributed by atoms with Gasteiger partial charge in [-0.25, -0.2) is 4.98 Å². The molecule has 0 atom stereocenters. The van der Waals surface area contributed by atoms with E-state index in [4.69, 9.17) is 4.98 Å². The van der Waals surface area contributed by atoms with Crippen LogP contribution in [0.25, 0.3) is 10.9 Å². The highest BCUT2D eigenvalue weighted by Gasteiger charge is 2.19. The molecule has 5 rings (SSSR count). The summed E-state index contributed by atoms with van der Waals surface area (Å²) in [6.07, 6.45) is 4.09. The molecule has 146 valence electrons. The Balaban J connectivity index is 1.46. The summed E-state index contributed by atoms with van der Waals surface area (Å²) in [5.74, 6) is 1.55. The van der Waals surface area contributed by atoms with Gasteiger partial charge in [0.1, 0.15) is 5.82 Å². The minimum atomic E-state index is 0.617. The van der Waals surface area contributed by atoms with E-state index < -0.39 is 0 Å². The molecule has 29 heavy (non-hydrogen) atoms. The Morgan fingerprint density at radius 2 is 1.93 bits per heavy atom. The lowest BCUT2D eigenvalue weighted by Gasteiger charge is -2.30. The van der Waals surface area contributed by atoms with Crippen molar-refractivity contribution < 1.29 is 0 Å². The lowest BCUT2D eigenvalue weighted by molar-refractivity contribution is 0.758. The van der Waals surface area contributed by atoms with Crippen molar-refractivity contribution in [3.8, 4) is 0 Å². The Morgan fingerprint density at radius 3 is 2.83 bits per heavy atom. The van der Waals surface area contributed by atoms with Gasteiger partial charge in [0, 0.05) is 40.7 Å². The van der Waals surface area contributed by atoms with E-state index in [1.165, 1.54) is 33.5 Å². The number of aromatic amines is 1. The number of fused-ring (bicyclic) bond motifs is 2. The van der Waals surface area contributed by atoms with Crippen molar-refractivity contribution in [1.29, 1.82) is 0 Å². The molecule has 2 N–H and O–H groups in total. The molecule has 0 amide bonds. The summed E-state index contributed by atoms with van der Waals surface area (Å²) in [5.41, 5.74) is 8.58. The van der Waals surface area contributed by atoms with E-state index in [2.05, 4.69) is 77.4 Å². The zero-order chi connectivity index (χ0) is 20.0. The fourth-order valence-electron chi connectivity index (χ4n) is 4.19. The molecule has 5 nitrogen and oxygen atoms in total. The third kappa shape index (κ3) is 3.23.